The van der Waals surface area contributed by atoms with Gasteiger partial charge in [0.1, 0.15) is 4.83 Å². The van der Waals surface area contributed by atoms with Gasteiger partial charge >= 0.3 is 0 Å². The molecule has 0 saturated carbocycles. The zero-order chi connectivity index (χ0) is 20.4. The summed E-state index contributed by atoms with van der Waals surface area (Å²) >= 11 is 13.6. The highest BCUT2D eigenvalue weighted by Gasteiger charge is 2.14. The number of benzene rings is 2. The minimum Gasteiger partial charge on any atom is -0.323 e. The van der Waals surface area contributed by atoms with Crippen molar-refractivity contribution < 1.29 is 4.79 Å². The van der Waals surface area contributed by atoms with E-state index in [1.54, 1.807) is 18.2 Å². The fraction of sp³-hybridized carbons (Fsp3) is 0.0952. The van der Waals surface area contributed by atoms with Crippen LogP contribution >= 0.6 is 34.5 Å². The molecule has 0 radical (unpaired) electrons. The van der Waals surface area contributed by atoms with Crippen LogP contribution in [0.5, 0.6) is 0 Å². The molecule has 0 aliphatic carbocycles. The first-order valence-corrected chi connectivity index (χ1v) is 10.4. The van der Waals surface area contributed by atoms with Crippen molar-refractivity contribution in [3.8, 4) is 11.1 Å². The first-order valence-electron chi connectivity index (χ1n) is 8.80. The Balaban J connectivity index is 1.57. The number of hydrogen-bond donors (Lipinski definition) is 1. The SMILES string of the molecule is O=C(CCn1cnc2scc(-c3ccccc3)c2c1=O)Nc1c(Cl)cccc1Cl. The van der Waals surface area contributed by atoms with E-state index in [-0.39, 0.29) is 24.4 Å². The number of nitrogens with zero attached hydrogens (tertiary/aromatic N) is 2. The number of hydrogen-bond acceptors (Lipinski definition) is 4. The van der Waals surface area contributed by atoms with Crippen LogP contribution < -0.4 is 10.9 Å². The van der Waals surface area contributed by atoms with Gasteiger partial charge in [0.2, 0.25) is 5.91 Å². The second-order valence-electron chi connectivity index (χ2n) is 6.33. The minimum absolute atomic E-state index is 0.0828. The van der Waals surface area contributed by atoms with Gasteiger partial charge in [0.25, 0.3) is 5.56 Å². The average Bonchev–Trinajstić information content (AvgIpc) is 3.16. The van der Waals surface area contributed by atoms with Crippen LogP contribution in [-0.2, 0) is 11.3 Å². The van der Waals surface area contributed by atoms with Crippen LogP contribution in [0.2, 0.25) is 10.0 Å². The van der Waals surface area contributed by atoms with Crippen LogP contribution in [0.25, 0.3) is 21.3 Å². The Hall–Kier alpha value is -2.67. The van der Waals surface area contributed by atoms with Crippen LogP contribution in [0.1, 0.15) is 6.42 Å². The first kappa shape index (κ1) is 19.6. The number of carbonyl (C=O) groups is 1. The van der Waals surface area contributed by atoms with Gasteiger partial charge in [-0.05, 0) is 17.7 Å². The molecular weight excluding hydrogens is 429 g/mol. The number of aryl methyl sites for hydroxylation is 1. The molecule has 0 fully saturated rings. The lowest BCUT2D eigenvalue weighted by atomic mass is 10.1. The normalized spacial score (nSPS) is 11.0. The number of thiophene rings is 1. The zero-order valence-corrected chi connectivity index (χ0v) is 17.4. The van der Waals surface area contributed by atoms with Gasteiger partial charge in [0.05, 0.1) is 27.4 Å². The van der Waals surface area contributed by atoms with E-state index in [1.165, 1.54) is 22.2 Å². The van der Waals surface area contributed by atoms with Gasteiger partial charge in [-0.3, -0.25) is 14.2 Å². The maximum Gasteiger partial charge on any atom is 0.262 e. The van der Waals surface area contributed by atoms with E-state index < -0.39 is 0 Å². The van der Waals surface area contributed by atoms with Crippen LogP contribution in [0.15, 0.2) is 65.0 Å². The Morgan fingerprint density at radius 3 is 2.52 bits per heavy atom. The predicted octanol–water partition coefficient (Wildman–Crippen LogP) is 5.46. The highest BCUT2D eigenvalue weighted by molar-refractivity contribution is 7.17. The molecule has 2 aromatic carbocycles. The topological polar surface area (TPSA) is 64.0 Å². The summed E-state index contributed by atoms with van der Waals surface area (Å²) in [6.45, 7) is 0.194. The summed E-state index contributed by atoms with van der Waals surface area (Å²) in [6, 6.07) is 14.7. The first-order chi connectivity index (χ1) is 14.0. The molecule has 1 amide bonds. The van der Waals surface area contributed by atoms with E-state index in [0.29, 0.717) is 25.9 Å². The summed E-state index contributed by atoms with van der Waals surface area (Å²) in [5.41, 5.74) is 2.01. The van der Waals surface area contributed by atoms with Gasteiger partial charge in [0, 0.05) is 23.9 Å². The van der Waals surface area contributed by atoms with Crippen LogP contribution in [0, 0.1) is 0 Å². The standard InChI is InChI=1S/C21H15Cl2N3O2S/c22-15-7-4-8-16(23)19(15)25-17(27)9-10-26-12-24-20-18(21(26)28)14(11-29-20)13-5-2-1-3-6-13/h1-8,11-12H,9-10H2,(H,25,27). The van der Waals surface area contributed by atoms with E-state index in [0.717, 1.165) is 11.1 Å². The zero-order valence-electron chi connectivity index (χ0n) is 15.1. The molecule has 29 heavy (non-hydrogen) atoms. The molecule has 146 valence electrons. The molecule has 0 aliphatic heterocycles. The van der Waals surface area contributed by atoms with E-state index in [9.17, 15) is 9.59 Å². The molecule has 2 heterocycles. The summed E-state index contributed by atoms with van der Waals surface area (Å²) in [5, 5.41) is 5.92. The third-order valence-electron chi connectivity index (χ3n) is 4.45. The van der Waals surface area contributed by atoms with Crippen molar-refractivity contribution in [2.45, 2.75) is 13.0 Å². The smallest absolute Gasteiger partial charge is 0.262 e. The van der Waals surface area contributed by atoms with E-state index >= 15 is 0 Å². The monoisotopic (exact) mass is 443 g/mol. The molecule has 0 atom stereocenters. The van der Waals surface area contributed by atoms with Crippen LogP contribution in [0.4, 0.5) is 5.69 Å². The molecule has 0 bridgehead atoms. The van der Waals surface area contributed by atoms with E-state index in [1.807, 2.05) is 35.7 Å². The Bertz CT molecular complexity index is 1230. The molecule has 0 spiro atoms. The Kier molecular flexibility index (Phi) is 5.67. The number of nitrogens with one attached hydrogen (secondary N) is 1. The van der Waals surface area contributed by atoms with Gasteiger partial charge < -0.3 is 5.32 Å². The van der Waals surface area contributed by atoms with Gasteiger partial charge in [-0.2, -0.15) is 0 Å². The number of amides is 1. The van der Waals surface area contributed by atoms with E-state index in [2.05, 4.69) is 10.3 Å². The lowest BCUT2D eigenvalue weighted by Gasteiger charge is -2.10. The lowest BCUT2D eigenvalue weighted by molar-refractivity contribution is -0.116. The highest BCUT2D eigenvalue weighted by atomic mass is 35.5. The van der Waals surface area contributed by atoms with Crippen molar-refractivity contribution in [3.05, 3.63) is 80.6 Å². The van der Waals surface area contributed by atoms with Gasteiger partial charge in [0.15, 0.2) is 0 Å². The lowest BCUT2D eigenvalue weighted by Crippen LogP contribution is -2.23. The maximum absolute atomic E-state index is 13.0. The van der Waals surface area contributed by atoms with Crippen molar-refractivity contribution in [1.82, 2.24) is 9.55 Å². The third-order valence-corrected chi connectivity index (χ3v) is 5.97. The van der Waals surface area contributed by atoms with Crippen molar-refractivity contribution in [3.63, 3.8) is 0 Å². The molecule has 4 rings (SSSR count). The predicted molar refractivity (Wildman–Crippen MR) is 119 cm³/mol. The molecule has 4 aromatic rings. The number of halogens is 2. The highest BCUT2D eigenvalue weighted by Crippen LogP contribution is 2.31. The number of aromatic nitrogens is 2. The molecule has 0 unspecified atom stereocenters. The fourth-order valence-corrected chi connectivity index (χ4v) is 4.40. The number of carbonyl (C=O) groups excluding carboxylic acids is 1. The number of fused-ring (bicyclic) bond motifs is 1. The Labute approximate surface area is 180 Å². The van der Waals surface area contributed by atoms with Crippen LogP contribution in [0.3, 0.4) is 0 Å². The maximum atomic E-state index is 13.0. The molecule has 0 aliphatic rings. The van der Waals surface area contributed by atoms with E-state index in [4.69, 9.17) is 23.2 Å². The summed E-state index contributed by atoms with van der Waals surface area (Å²) in [5.74, 6) is -0.291. The number of rotatable bonds is 5. The Morgan fingerprint density at radius 1 is 1.07 bits per heavy atom. The Morgan fingerprint density at radius 2 is 1.79 bits per heavy atom. The molecule has 1 N–H and O–H groups in total. The molecule has 8 heteroatoms. The number of anilines is 1. The summed E-state index contributed by atoms with van der Waals surface area (Å²) in [6.07, 6.45) is 1.56. The van der Waals surface area contributed by atoms with Gasteiger partial charge in [-0.15, -0.1) is 11.3 Å². The van der Waals surface area contributed by atoms with Crippen molar-refractivity contribution in [2.75, 3.05) is 5.32 Å². The molecule has 0 saturated heterocycles. The second-order valence-corrected chi connectivity index (χ2v) is 8.01. The van der Waals surface area contributed by atoms with Crippen molar-refractivity contribution in [2.24, 2.45) is 0 Å². The number of para-hydroxylation sites is 1. The third kappa shape index (κ3) is 4.05. The second kappa shape index (κ2) is 8.37. The average molecular weight is 444 g/mol. The minimum atomic E-state index is -0.291. The largest absolute Gasteiger partial charge is 0.323 e. The molecule has 5 nitrogen and oxygen atoms in total. The van der Waals surface area contributed by atoms with Crippen molar-refractivity contribution in [1.29, 1.82) is 0 Å². The molecular formula is C21H15Cl2N3O2S. The summed E-state index contributed by atoms with van der Waals surface area (Å²) in [4.78, 5) is 30.4. The van der Waals surface area contributed by atoms with Crippen molar-refractivity contribution >= 4 is 56.3 Å². The fourth-order valence-electron chi connectivity index (χ4n) is 3.00. The summed E-state index contributed by atoms with van der Waals surface area (Å²) < 4.78 is 1.45. The van der Waals surface area contributed by atoms with Gasteiger partial charge in [-0.1, -0.05) is 59.6 Å². The van der Waals surface area contributed by atoms with Gasteiger partial charge in [-0.25, -0.2) is 4.98 Å². The quantitative estimate of drug-likeness (QED) is 0.445. The molecule has 2 aromatic heterocycles. The summed E-state index contributed by atoms with van der Waals surface area (Å²) in [7, 11) is 0. The van der Waals surface area contributed by atoms with Crippen LogP contribution in [-0.4, -0.2) is 15.5 Å².